The van der Waals surface area contributed by atoms with Gasteiger partial charge in [-0.3, -0.25) is 4.79 Å². The van der Waals surface area contributed by atoms with E-state index in [1.54, 1.807) is 0 Å². The van der Waals surface area contributed by atoms with Crippen molar-refractivity contribution in [2.24, 2.45) is 0 Å². The fourth-order valence-corrected chi connectivity index (χ4v) is 3.32. The topological polar surface area (TPSA) is 50.1 Å². The molecule has 0 aromatic heterocycles. The molecule has 0 unspecified atom stereocenters. The highest BCUT2D eigenvalue weighted by molar-refractivity contribution is 7.99. The Morgan fingerprint density at radius 2 is 2.00 bits per heavy atom. The van der Waals surface area contributed by atoms with Crippen molar-refractivity contribution in [3.63, 3.8) is 0 Å². The molecule has 0 amide bonds. The van der Waals surface area contributed by atoms with E-state index < -0.39 is 11.6 Å². The van der Waals surface area contributed by atoms with Crippen molar-refractivity contribution >= 4 is 17.5 Å². The maximum absolute atomic E-state index is 13.5. The van der Waals surface area contributed by atoms with Crippen molar-refractivity contribution in [1.82, 2.24) is 0 Å². The summed E-state index contributed by atoms with van der Waals surface area (Å²) in [5.41, 5.74) is 0.880. The maximum atomic E-state index is 13.5. The molecule has 24 heavy (non-hydrogen) atoms. The summed E-state index contributed by atoms with van der Waals surface area (Å²) >= 11 is 0.318. The van der Waals surface area contributed by atoms with Crippen LogP contribution in [0.3, 0.4) is 0 Å². The Morgan fingerprint density at radius 1 is 1.21 bits per heavy atom. The third-order valence-electron chi connectivity index (χ3n) is 3.56. The summed E-state index contributed by atoms with van der Waals surface area (Å²) in [5, 5.41) is 8.87. The van der Waals surface area contributed by atoms with Crippen molar-refractivity contribution in [2.75, 3.05) is 0 Å². The number of ether oxygens (including phenoxy) is 1. The van der Waals surface area contributed by atoms with Crippen molar-refractivity contribution in [1.29, 1.82) is 5.26 Å². The molecule has 0 saturated heterocycles. The van der Waals surface area contributed by atoms with Crippen LogP contribution in [0.1, 0.15) is 27.9 Å². The third kappa shape index (κ3) is 3.24. The van der Waals surface area contributed by atoms with Gasteiger partial charge in [0.2, 0.25) is 0 Å². The summed E-state index contributed by atoms with van der Waals surface area (Å²) in [4.78, 5) is 12.2. The zero-order valence-corrected chi connectivity index (χ0v) is 13.0. The van der Waals surface area contributed by atoms with Gasteiger partial charge >= 0.3 is 0 Å². The van der Waals surface area contributed by atoms with Crippen LogP contribution in [-0.2, 0) is 6.42 Å². The largest absolute Gasteiger partial charge is 0.457 e. The molecule has 0 bridgehead atoms. The summed E-state index contributed by atoms with van der Waals surface area (Å²) in [6.45, 7) is 0. The molecule has 1 aliphatic carbocycles. The monoisotopic (exact) mass is 349 g/mol. The van der Waals surface area contributed by atoms with Gasteiger partial charge in [0.25, 0.3) is 5.76 Å². The van der Waals surface area contributed by atoms with Gasteiger partial charge in [0.05, 0.1) is 11.6 Å². The molecule has 0 spiro atoms. The molecule has 0 radical (unpaired) electrons. The van der Waals surface area contributed by atoms with Crippen LogP contribution in [0.2, 0.25) is 0 Å². The highest BCUT2D eigenvalue weighted by atomic mass is 32.2. The van der Waals surface area contributed by atoms with E-state index in [2.05, 4.69) is 0 Å². The lowest BCUT2D eigenvalue weighted by Gasteiger charge is -2.13. The number of nitrogens with zero attached hydrogens (tertiary/aromatic N) is 1. The van der Waals surface area contributed by atoms with Crippen LogP contribution in [0.25, 0.3) is 0 Å². The first kappa shape index (κ1) is 16.4. The predicted molar refractivity (Wildman–Crippen MR) is 82.1 cm³/mol. The number of alkyl halides is 2. The molecular formula is C17H10F3NO2S. The molecule has 2 aromatic rings. The average Bonchev–Trinajstić information content (AvgIpc) is 2.91. The number of carbonyl (C=O) groups excluding carboxylic acids is 1. The number of ketones is 1. The standard InChI is InChI=1S/C17H10F3NO2S/c18-10-5-9(8-21)6-11(7-10)23-14-3-4-15(24-17(19)20)16-12(14)1-2-13(16)22/h3-7,17H,1-2H2. The summed E-state index contributed by atoms with van der Waals surface area (Å²) in [6, 6.07) is 8.27. The fourth-order valence-electron chi connectivity index (χ4n) is 2.63. The number of nitriles is 1. The van der Waals surface area contributed by atoms with Gasteiger partial charge in [0.1, 0.15) is 17.3 Å². The Labute approximate surface area is 140 Å². The minimum absolute atomic E-state index is 0.0996. The van der Waals surface area contributed by atoms with Gasteiger partial charge in [-0.2, -0.15) is 14.0 Å². The van der Waals surface area contributed by atoms with Crippen molar-refractivity contribution in [3.05, 3.63) is 52.8 Å². The van der Waals surface area contributed by atoms with E-state index in [-0.39, 0.29) is 34.0 Å². The van der Waals surface area contributed by atoms with Gasteiger partial charge in [-0.15, -0.1) is 0 Å². The minimum Gasteiger partial charge on any atom is -0.457 e. The van der Waals surface area contributed by atoms with E-state index in [1.807, 2.05) is 6.07 Å². The molecule has 0 saturated carbocycles. The quantitative estimate of drug-likeness (QED) is 0.734. The van der Waals surface area contributed by atoms with Gasteiger partial charge in [-0.25, -0.2) is 4.39 Å². The van der Waals surface area contributed by atoms with Crippen LogP contribution < -0.4 is 4.74 Å². The molecule has 0 aliphatic heterocycles. The summed E-state index contributed by atoms with van der Waals surface area (Å²) < 4.78 is 44.4. The molecule has 122 valence electrons. The van der Waals surface area contributed by atoms with Crippen LogP contribution in [0.15, 0.2) is 35.2 Å². The van der Waals surface area contributed by atoms with Crippen molar-refractivity contribution in [2.45, 2.75) is 23.5 Å². The van der Waals surface area contributed by atoms with Crippen LogP contribution in [0.5, 0.6) is 11.5 Å². The van der Waals surface area contributed by atoms with Gasteiger partial charge in [0, 0.05) is 28.5 Å². The number of fused-ring (bicyclic) bond motifs is 1. The molecule has 0 N–H and O–H groups in total. The molecule has 0 fully saturated rings. The van der Waals surface area contributed by atoms with E-state index in [9.17, 15) is 18.0 Å². The number of rotatable bonds is 4. The molecule has 0 heterocycles. The smallest absolute Gasteiger partial charge is 0.288 e. The number of halogens is 3. The van der Waals surface area contributed by atoms with E-state index in [0.717, 1.165) is 12.1 Å². The molecule has 2 aromatic carbocycles. The van der Waals surface area contributed by atoms with Gasteiger partial charge in [0.15, 0.2) is 5.78 Å². The first-order chi connectivity index (χ1) is 11.5. The molecule has 1 aliphatic rings. The average molecular weight is 349 g/mol. The van der Waals surface area contributed by atoms with E-state index in [1.165, 1.54) is 18.2 Å². The fraction of sp³-hybridized carbons (Fsp3) is 0.176. The second-order valence-electron chi connectivity index (χ2n) is 5.11. The molecular weight excluding hydrogens is 339 g/mol. The summed E-state index contributed by atoms with van der Waals surface area (Å²) in [5.74, 6) is -3.04. The number of thioether (sulfide) groups is 1. The van der Waals surface area contributed by atoms with Gasteiger partial charge in [-0.1, -0.05) is 11.8 Å². The Morgan fingerprint density at radius 3 is 2.71 bits per heavy atom. The lowest BCUT2D eigenvalue weighted by molar-refractivity contribution is 0.0992. The van der Waals surface area contributed by atoms with Gasteiger partial charge in [-0.05, 0) is 30.7 Å². The van der Waals surface area contributed by atoms with Crippen LogP contribution in [-0.4, -0.2) is 11.5 Å². The maximum Gasteiger partial charge on any atom is 0.288 e. The Balaban J connectivity index is 2.00. The van der Waals surface area contributed by atoms with E-state index in [0.29, 0.717) is 29.5 Å². The van der Waals surface area contributed by atoms with E-state index in [4.69, 9.17) is 10.00 Å². The molecule has 7 heteroatoms. The zero-order chi connectivity index (χ0) is 17.3. The van der Waals surface area contributed by atoms with Gasteiger partial charge < -0.3 is 4.74 Å². The van der Waals surface area contributed by atoms with Crippen LogP contribution in [0, 0.1) is 17.1 Å². The molecule has 3 nitrogen and oxygen atoms in total. The Hall–Kier alpha value is -2.46. The Bertz CT molecular complexity index is 862. The number of Topliss-reactive ketones (excluding diaryl/α,β-unsaturated/α-hetero) is 1. The highest BCUT2D eigenvalue weighted by Gasteiger charge is 2.28. The molecule has 0 atom stereocenters. The minimum atomic E-state index is -2.63. The van der Waals surface area contributed by atoms with Crippen molar-refractivity contribution < 1.29 is 22.7 Å². The third-order valence-corrected chi connectivity index (χ3v) is 4.33. The highest BCUT2D eigenvalue weighted by Crippen LogP contribution is 2.40. The number of carbonyl (C=O) groups is 1. The van der Waals surface area contributed by atoms with Crippen LogP contribution >= 0.6 is 11.8 Å². The summed E-state index contributed by atoms with van der Waals surface area (Å²) in [7, 11) is 0. The first-order valence-electron chi connectivity index (χ1n) is 7.00. The lowest BCUT2D eigenvalue weighted by atomic mass is 10.1. The SMILES string of the molecule is N#Cc1cc(F)cc(Oc2ccc(SC(F)F)c3c2CCC3=O)c1. The second kappa shape index (κ2) is 6.57. The van der Waals surface area contributed by atoms with Crippen molar-refractivity contribution in [3.8, 4) is 17.6 Å². The predicted octanol–water partition coefficient (Wildman–Crippen LogP) is 4.93. The Kier molecular flexibility index (Phi) is 4.49. The number of hydrogen-bond donors (Lipinski definition) is 0. The lowest BCUT2D eigenvalue weighted by Crippen LogP contribution is -1.98. The molecule has 3 rings (SSSR count). The normalized spacial score (nSPS) is 13.0. The van der Waals surface area contributed by atoms with E-state index >= 15 is 0 Å². The zero-order valence-electron chi connectivity index (χ0n) is 12.2. The van der Waals surface area contributed by atoms with Crippen LogP contribution in [0.4, 0.5) is 13.2 Å². The second-order valence-corrected chi connectivity index (χ2v) is 6.14. The number of benzene rings is 2. The number of hydrogen-bond acceptors (Lipinski definition) is 4. The summed E-state index contributed by atoms with van der Waals surface area (Å²) in [6.07, 6.45) is 0.598. The first-order valence-corrected chi connectivity index (χ1v) is 7.88.